The van der Waals surface area contributed by atoms with Gasteiger partial charge in [0, 0.05) is 25.1 Å². The molecule has 2 amide bonds. The first-order valence-electron chi connectivity index (χ1n) is 9.07. The zero-order chi connectivity index (χ0) is 20.1. The van der Waals surface area contributed by atoms with Gasteiger partial charge in [-0.3, -0.25) is 14.4 Å². The van der Waals surface area contributed by atoms with Crippen molar-refractivity contribution >= 4 is 17.8 Å². The van der Waals surface area contributed by atoms with Gasteiger partial charge in [-0.15, -0.1) is 0 Å². The van der Waals surface area contributed by atoms with Crippen LogP contribution in [-0.4, -0.2) is 34.3 Å². The van der Waals surface area contributed by atoms with E-state index < -0.39 is 23.7 Å². The van der Waals surface area contributed by atoms with Crippen LogP contribution in [0.15, 0.2) is 48.5 Å². The van der Waals surface area contributed by atoms with Gasteiger partial charge >= 0.3 is 5.97 Å². The van der Waals surface area contributed by atoms with Crippen molar-refractivity contribution in [3.63, 3.8) is 0 Å². The molecule has 0 saturated carbocycles. The van der Waals surface area contributed by atoms with Crippen molar-refractivity contribution in [1.29, 1.82) is 0 Å². The molecule has 7 heteroatoms. The number of amides is 2. The van der Waals surface area contributed by atoms with Crippen LogP contribution in [0.25, 0.3) is 0 Å². The first-order valence-corrected chi connectivity index (χ1v) is 9.07. The van der Waals surface area contributed by atoms with Gasteiger partial charge in [-0.1, -0.05) is 24.3 Å². The van der Waals surface area contributed by atoms with Crippen LogP contribution in [0.5, 0.6) is 0 Å². The summed E-state index contributed by atoms with van der Waals surface area (Å²) in [4.78, 5) is 37.2. The van der Waals surface area contributed by atoms with Crippen molar-refractivity contribution in [1.82, 2.24) is 10.2 Å². The molecule has 0 radical (unpaired) electrons. The van der Waals surface area contributed by atoms with Crippen LogP contribution in [0, 0.1) is 5.82 Å². The molecule has 28 heavy (non-hydrogen) atoms. The highest BCUT2D eigenvalue weighted by Crippen LogP contribution is 2.19. The van der Waals surface area contributed by atoms with Gasteiger partial charge < -0.3 is 15.3 Å². The van der Waals surface area contributed by atoms with Gasteiger partial charge in [-0.05, 0) is 41.8 Å². The SMILES string of the molecule is O=C(O)CC(NC(=O)c1ccc(CN2CCCC2=O)cc1)c1ccc(F)cc1. The molecule has 1 aliphatic heterocycles. The summed E-state index contributed by atoms with van der Waals surface area (Å²) >= 11 is 0. The number of rotatable bonds is 7. The summed E-state index contributed by atoms with van der Waals surface area (Å²) in [5, 5.41) is 11.8. The number of hydrogen-bond acceptors (Lipinski definition) is 3. The van der Waals surface area contributed by atoms with Gasteiger partial charge in [0.1, 0.15) is 5.82 Å². The van der Waals surface area contributed by atoms with E-state index in [2.05, 4.69) is 5.32 Å². The monoisotopic (exact) mass is 384 g/mol. The average Bonchev–Trinajstić information content (AvgIpc) is 3.06. The fourth-order valence-corrected chi connectivity index (χ4v) is 3.22. The third kappa shape index (κ3) is 4.94. The summed E-state index contributed by atoms with van der Waals surface area (Å²) in [5.74, 6) is -1.78. The Hall–Kier alpha value is -3.22. The molecule has 1 saturated heterocycles. The molecule has 1 unspecified atom stereocenters. The third-order valence-corrected chi connectivity index (χ3v) is 4.72. The fourth-order valence-electron chi connectivity index (χ4n) is 3.22. The minimum absolute atomic E-state index is 0.137. The van der Waals surface area contributed by atoms with Crippen molar-refractivity contribution in [2.45, 2.75) is 31.8 Å². The first-order chi connectivity index (χ1) is 13.4. The highest BCUT2D eigenvalue weighted by atomic mass is 19.1. The number of benzene rings is 2. The van der Waals surface area contributed by atoms with Crippen LogP contribution in [0.2, 0.25) is 0 Å². The Morgan fingerprint density at radius 2 is 1.79 bits per heavy atom. The number of carbonyl (C=O) groups excluding carboxylic acids is 2. The molecule has 1 atom stereocenters. The molecule has 0 aliphatic carbocycles. The molecule has 0 aromatic heterocycles. The number of nitrogens with one attached hydrogen (secondary N) is 1. The van der Waals surface area contributed by atoms with Crippen molar-refractivity contribution in [3.8, 4) is 0 Å². The Balaban J connectivity index is 1.68. The molecule has 1 heterocycles. The minimum atomic E-state index is -1.07. The molecule has 1 aliphatic rings. The van der Waals surface area contributed by atoms with Crippen LogP contribution < -0.4 is 5.32 Å². The van der Waals surface area contributed by atoms with Gasteiger partial charge in [-0.2, -0.15) is 0 Å². The maximum absolute atomic E-state index is 13.1. The van der Waals surface area contributed by atoms with Gasteiger partial charge in [0.15, 0.2) is 0 Å². The number of nitrogens with zero attached hydrogens (tertiary/aromatic N) is 1. The van der Waals surface area contributed by atoms with E-state index in [1.807, 2.05) is 0 Å². The lowest BCUT2D eigenvalue weighted by molar-refractivity contribution is -0.137. The summed E-state index contributed by atoms with van der Waals surface area (Å²) in [6, 6.07) is 11.5. The van der Waals surface area contributed by atoms with Crippen LogP contribution in [0.3, 0.4) is 0 Å². The number of carboxylic acids is 1. The second-order valence-corrected chi connectivity index (χ2v) is 6.79. The topological polar surface area (TPSA) is 86.7 Å². The number of halogens is 1. The van der Waals surface area contributed by atoms with Gasteiger partial charge in [0.2, 0.25) is 5.91 Å². The van der Waals surface area contributed by atoms with E-state index in [0.29, 0.717) is 24.1 Å². The number of aliphatic carboxylic acids is 1. The van der Waals surface area contributed by atoms with Crippen molar-refractivity contribution < 1.29 is 23.9 Å². The van der Waals surface area contributed by atoms with Crippen molar-refractivity contribution in [2.75, 3.05) is 6.54 Å². The zero-order valence-electron chi connectivity index (χ0n) is 15.2. The fraction of sp³-hybridized carbons (Fsp3) is 0.286. The predicted molar refractivity (Wildman–Crippen MR) is 100.0 cm³/mol. The summed E-state index contributed by atoms with van der Waals surface area (Å²) in [5.41, 5.74) is 1.82. The molecule has 0 bridgehead atoms. The molecule has 3 rings (SSSR count). The first kappa shape index (κ1) is 19.5. The predicted octanol–water partition coefficient (Wildman–Crippen LogP) is 2.89. The van der Waals surface area contributed by atoms with Crippen molar-refractivity contribution in [2.24, 2.45) is 0 Å². The van der Waals surface area contributed by atoms with E-state index in [9.17, 15) is 18.8 Å². The number of carboxylic acid groups (broad SMARTS) is 1. The van der Waals surface area contributed by atoms with Gasteiger partial charge in [-0.25, -0.2) is 4.39 Å². The molecule has 1 fully saturated rings. The van der Waals surface area contributed by atoms with Crippen LogP contribution in [0.4, 0.5) is 4.39 Å². The maximum Gasteiger partial charge on any atom is 0.305 e. The van der Waals surface area contributed by atoms with Crippen LogP contribution in [0.1, 0.15) is 46.8 Å². The molecular formula is C21H21FN2O4. The van der Waals surface area contributed by atoms with Gasteiger partial charge in [0.25, 0.3) is 5.91 Å². The minimum Gasteiger partial charge on any atom is -0.481 e. The molecule has 2 N–H and O–H groups in total. The van der Waals surface area contributed by atoms with E-state index in [1.54, 1.807) is 29.2 Å². The summed E-state index contributed by atoms with van der Waals surface area (Å²) in [6.45, 7) is 1.26. The van der Waals surface area contributed by atoms with Crippen LogP contribution in [-0.2, 0) is 16.1 Å². The molecule has 146 valence electrons. The Bertz CT molecular complexity index is 865. The van der Waals surface area contributed by atoms with E-state index in [4.69, 9.17) is 5.11 Å². The molecular weight excluding hydrogens is 363 g/mol. The van der Waals surface area contributed by atoms with E-state index >= 15 is 0 Å². The highest BCUT2D eigenvalue weighted by molar-refractivity contribution is 5.94. The zero-order valence-corrected chi connectivity index (χ0v) is 15.2. The number of carbonyl (C=O) groups is 3. The lowest BCUT2D eigenvalue weighted by Crippen LogP contribution is -2.30. The summed E-state index contributed by atoms with van der Waals surface area (Å²) in [6.07, 6.45) is 1.13. The Labute approximate surface area is 162 Å². The molecule has 6 nitrogen and oxygen atoms in total. The Morgan fingerprint density at radius 3 is 2.36 bits per heavy atom. The summed E-state index contributed by atoms with van der Waals surface area (Å²) < 4.78 is 13.1. The Morgan fingerprint density at radius 1 is 1.11 bits per heavy atom. The number of likely N-dealkylation sites (tertiary alicyclic amines) is 1. The second kappa shape index (κ2) is 8.65. The second-order valence-electron chi connectivity index (χ2n) is 6.79. The molecule has 0 spiro atoms. The average molecular weight is 384 g/mol. The van der Waals surface area contributed by atoms with E-state index in [0.717, 1.165) is 18.5 Å². The quantitative estimate of drug-likeness (QED) is 0.769. The molecule has 2 aromatic rings. The molecule has 2 aromatic carbocycles. The largest absolute Gasteiger partial charge is 0.481 e. The summed E-state index contributed by atoms with van der Waals surface area (Å²) in [7, 11) is 0. The van der Waals surface area contributed by atoms with Gasteiger partial charge in [0.05, 0.1) is 12.5 Å². The Kier molecular flexibility index (Phi) is 6.03. The van der Waals surface area contributed by atoms with Crippen LogP contribution >= 0.6 is 0 Å². The van der Waals surface area contributed by atoms with E-state index in [1.165, 1.54) is 24.3 Å². The van der Waals surface area contributed by atoms with Crippen molar-refractivity contribution in [3.05, 3.63) is 71.0 Å². The maximum atomic E-state index is 13.1. The standard InChI is InChI=1S/C21H21FN2O4/c22-17-9-7-15(8-10-17)18(12-20(26)27)23-21(28)16-5-3-14(4-6-16)13-24-11-1-2-19(24)25/h3-10,18H,1-2,11-13H2,(H,23,28)(H,26,27). The van der Waals surface area contributed by atoms with E-state index in [-0.39, 0.29) is 12.3 Å². The lowest BCUT2D eigenvalue weighted by atomic mass is 10.0. The highest BCUT2D eigenvalue weighted by Gasteiger charge is 2.21. The third-order valence-electron chi connectivity index (χ3n) is 4.72. The normalized spacial score (nSPS) is 14.8. The lowest BCUT2D eigenvalue weighted by Gasteiger charge is -2.18. The smallest absolute Gasteiger partial charge is 0.305 e. The number of hydrogen-bond donors (Lipinski definition) is 2.